The molecule has 3 heterocycles. The molecule has 4 rings (SSSR count). The molecule has 1 fully saturated rings. The molecule has 1 amide bonds. The van der Waals surface area contributed by atoms with Crippen molar-refractivity contribution in [2.24, 2.45) is 13.0 Å². The maximum absolute atomic E-state index is 13.6. The first-order chi connectivity index (χ1) is 16.7. The maximum Gasteiger partial charge on any atom is 0.279 e. The summed E-state index contributed by atoms with van der Waals surface area (Å²) in [6.07, 6.45) is 1.13. The minimum absolute atomic E-state index is 0.0347. The third-order valence-corrected chi connectivity index (χ3v) is 8.96. The number of aryl methyl sites for hydroxylation is 1. The summed E-state index contributed by atoms with van der Waals surface area (Å²) in [6.45, 7) is 3.03. The Kier molecular flexibility index (Phi) is 6.85. The van der Waals surface area contributed by atoms with Gasteiger partial charge in [0.15, 0.2) is 28.9 Å². The molecule has 0 spiro atoms. The summed E-state index contributed by atoms with van der Waals surface area (Å²) in [5.74, 6) is -6.60. The Labute approximate surface area is 205 Å². The van der Waals surface area contributed by atoms with Crippen LogP contribution in [-0.4, -0.2) is 63.4 Å². The third-order valence-electron chi connectivity index (χ3n) is 5.73. The van der Waals surface area contributed by atoms with E-state index in [0.29, 0.717) is 12.1 Å². The third kappa shape index (κ3) is 4.95. The summed E-state index contributed by atoms with van der Waals surface area (Å²) >= 11 is 0. The van der Waals surface area contributed by atoms with E-state index in [0.717, 1.165) is 10.5 Å². The van der Waals surface area contributed by atoms with Crippen molar-refractivity contribution in [2.45, 2.75) is 30.8 Å². The lowest BCUT2D eigenvalue weighted by atomic mass is 10.1. The van der Waals surface area contributed by atoms with E-state index in [9.17, 15) is 34.8 Å². The first-order valence-electron chi connectivity index (χ1n) is 10.8. The zero-order valence-corrected chi connectivity index (χ0v) is 21.0. The highest BCUT2D eigenvalue weighted by Gasteiger charge is 2.44. The van der Waals surface area contributed by atoms with Crippen LogP contribution in [-0.2, 0) is 27.3 Å². The zero-order chi connectivity index (χ0) is 26.6. The van der Waals surface area contributed by atoms with E-state index in [1.165, 1.54) is 11.6 Å². The van der Waals surface area contributed by atoms with Gasteiger partial charge in [-0.25, -0.2) is 26.3 Å². The summed E-state index contributed by atoms with van der Waals surface area (Å²) < 4.78 is 105. The van der Waals surface area contributed by atoms with Gasteiger partial charge >= 0.3 is 0 Å². The van der Waals surface area contributed by atoms with Crippen LogP contribution >= 0.6 is 0 Å². The minimum Gasteiger partial charge on any atom is -0.489 e. The molecule has 2 atom stereocenters. The summed E-state index contributed by atoms with van der Waals surface area (Å²) in [6, 6.07) is -0.00305. The van der Waals surface area contributed by atoms with Gasteiger partial charge in [0.1, 0.15) is 4.90 Å². The highest BCUT2D eigenvalue weighted by molar-refractivity contribution is 7.89. The Bertz CT molecular complexity index is 1400. The number of benzene rings is 1. The molecule has 0 radical (unpaired) electrons. The van der Waals surface area contributed by atoms with Gasteiger partial charge in [0.2, 0.25) is 10.0 Å². The van der Waals surface area contributed by atoms with Crippen LogP contribution in [0.1, 0.15) is 24.3 Å². The Morgan fingerprint density at radius 2 is 1.83 bits per heavy atom. The number of hydrogen-bond donors (Lipinski definition) is 3. The first kappa shape index (κ1) is 26.4. The van der Waals surface area contributed by atoms with Crippen molar-refractivity contribution < 1.29 is 39.5 Å². The number of ether oxygens (including phenoxy) is 1. The lowest BCUT2D eigenvalue weighted by Crippen LogP contribution is -2.45. The van der Waals surface area contributed by atoms with Crippen LogP contribution in [0.2, 0.25) is 0 Å². The zero-order valence-electron chi connectivity index (χ0n) is 19.4. The van der Waals surface area contributed by atoms with Gasteiger partial charge in [0, 0.05) is 62.2 Å². The number of anilines is 1. The van der Waals surface area contributed by atoms with E-state index in [-0.39, 0.29) is 42.1 Å². The van der Waals surface area contributed by atoms with Crippen molar-refractivity contribution in [3.63, 3.8) is 0 Å². The van der Waals surface area contributed by atoms with Crippen LogP contribution in [0.5, 0.6) is 5.75 Å². The molecular weight excluding hydrogens is 527 g/mol. The number of sulfonamides is 1. The highest BCUT2D eigenvalue weighted by Crippen LogP contribution is 2.35. The van der Waals surface area contributed by atoms with Gasteiger partial charge in [-0.15, -0.1) is 0 Å². The lowest BCUT2D eigenvalue weighted by Gasteiger charge is -2.23. The van der Waals surface area contributed by atoms with E-state index >= 15 is 0 Å². The lowest BCUT2D eigenvalue weighted by molar-refractivity contribution is 0.101. The molecule has 1 saturated heterocycles. The number of nitrogens with one attached hydrogen (secondary N) is 3. The van der Waals surface area contributed by atoms with Crippen molar-refractivity contribution in [1.82, 2.24) is 18.3 Å². The van der Waals surface area contributed by atoms with Crippen LogP contribution in [0.25, 0.3) is 0 Å². The molecule has 2 aromatic rings. The largest absolute Gasteiger partial charge is 0.489 e. The fourth-order valence-electron chi connectivity index (χ4n) is 4.14. The Morgan fingerprint density at radius 3 is 2.44 bits per heavy atom. The summed E-state index contributed by atoms with van der Waals surface area (Å²) in [4.78, 5) is 12.6. The van der Waals surface area contributed by atoms with Gasteiger partial charge in [0.25, 0.3) is 16.1 Å². The van der Waals surface area contributed by atoms with Gasteiger partial charge < -0.3 is 14.6 Å². The van der Waals surface area contributed by atoms with Crippen molar-refractivity contribution in [3.05, 3.63) is 41.5 Å². The number of hydrogen-bond acceptors (Lipinski definition) is 6. The summed E-state index contributed by atoms with van der Waals surface area (Å²) in [5.41, 5.74) is -0.671. The van der Waals surface area contributed by atoms with E-state index in [1.54, 1.807) is 13.8 Å². The SMILES string of the molecule is CC(C)NS(=O)(=O)N1C[C@@H]2COc3c(cn(C)c3C(=O)Nc3cc(F)c(F)c(F)c3)S(=O)(=O)N[C@@H]2C1. The second-order valence-electron chi connectivity index (χ2n) is 8.88. The molecule has 0 aliphatic carbocycles. The number of rotatable bonds is 5. The van der Waals surface area contributed by atoms with E-state index in [4.69, 9.17) is 4.74 Å². The highest BCUT2D eigenvalue weighted by atomic mass is 32.2. The van der Waals surface area contributed by atoms with Crippen LogP contribution in [0.4, 0.5) is 18.9 Å². The molecule has 0 saturated carbocycles. The quantitative estimate of drug-likeness (QED) is 0.473. The molecule has 2 aliphatic heterocycles. The smallest absolute Gasteiger partial charge is 0.279 e. The average molecular weight is 552 g/mol. The number of nitrogens with zero attached hydrogens (tertiary/aromatic N) is 2. The van der Waals surface area contributed by atoms with Crippen LogP contribution in [0, 0.1) is 23.4 Å². The number of carbonyl (C=O) groups is 1. The van der Waals surface area contributed by atoms with Crippen LogP contribution in [0.15, 0.2) is 23.2 Å². The van der Waals surface area contributed by atoms with E-state index in [2.05, 4.69) is 14.8 Å². The Balaban J connectivity index is 1.63. The number of amides is 1. The van der Waals surface area contributed by atoms with Crippen molar-refractivity contribution >= 4 is 31.8 Å². The Hall–Kier alpha value is -2.66. The average Bonchev–Trinajstić information content (AvgIpc) is 3.29. The molecule has 1 aromatic heterocycles. The number of carbonyl (C=O) groups excluding carboxylic acids is 1. The molecule has 3 N–H and O–H groups in total. The molecular formula is C20H24F3N5O6S2. The number of fused-ring (bicyclic) bond motifs is 2. The fourth-order valence-corrected chi connectivity index (χ4v) is 7.12. The molecule has 198 valence electrons. The van der Waals surface area contributed by atoms with Crippen molar-refractivity contribution in [2.75, 3.05) is 25.0 Å². The molecule has 0 bridgehead atoms. The molecule has 0 unspecified atom stereocenters. The normalized spacial score (nSPS) is 21.9. The second kappa shape index (κ2) is 9.33. The van der Waals surface area contributed by atoms with Crippen molar-refractivity contribution in [3.8, 4) is 5.75 Å². The molecule has 1 aromatic carbocycles. The topological polar surface area (TPSA) is 139 Å². The predicted molar refractivity (Wildman–Crippen MR) is 122 cm³/mol. The van der Waals surface area contributed by atoms with Crippen LogP contribution < -0.4 is 19.5 Å². The Morgan fingerprint density at radius 1 is 1.19 bits per heavy atom. The van der Waals surface area contributed by atoms with Crippen LogP contribution in [0.3, 0.4) is 0 Å². The number of aromatic nitrogens is 1. The van der Waals surface area contributed by atoms with Gasteiger partial charge in [-0.1, -0.05) is 0 Å². The second-order valence-corrected chi connectivity index (χ2v) is 12.3. The first-order valence-corrected chi connectivity index (χ1v) is 13.7. The van der Waals surface area contributed by atoms with Crippen molar-refractivity contribution in [1.29, 1.82) is 0 Å². The molecule has 2 aliphatic rings. The summed E-state index contributed by atoms with van der Waals surface area (Å²) in [5, 5.41) is 2.20. The maximum atomic E-state index is 13.6. The predicted octanol–water partition coefficient (Wildman–Crippen LogP) is 0.909. The van der Waals surface area contributed by atoms with Gasteiger partial charge in [0.05, 0.1) is 6.61 Å². The standard InChI is InChI=1S/C20H24F3N5O6S2/c1-10(2)25-36(32,33)28-6-11-9-34-19-16(35(30,31)26-15(11)7-28)8-27(3)18(19)20(29)24-12-4-13(21)17(23)14(22)5-12/h4-5,8,10-11,15,25-26H,6-7,9H2,1-3H3,(H,24,29)/t11-,15-/m1/s1. The van der Waals surface area contributed by atoms with Gasteiger partial charge in [-0.3, -0.25) is 4.79 Å². The summed E-state index contributed by atoms with van der Waals surface area (Å²) in [7, 11) is -6.76. The monoisotopic (exact) mass is 551 g/mol. The van der Waals surface area contributed by atoms with Gasteiger partial charge in [-0.2, -0.15) is 17.4 Å². The van der Waals surface area contributed by atoms with E-state index in [1.807, 2.05) is 0 Å². The molecule has 11 nitrogen and oxygen atoms in total. The number of halogens is 3. The molecule has 36 heavy (non-hydrogen) atoms. The molecule has 16 heteroatoms. The fraction of sp³-hybridized carbons (Fsp3) is 0.450. The van der Waals surface area contributed by atoms with Gasteiger partial charge in [-0.05, 0) is 13.8 Å². The minimum atomic E-state index is -4.26. The van der Waals surface area contributed by atoms with E-state index < -0.39 is 61.2 Å².